The highest BCUT2D eigenvalue weighted by atomic mass is 32.2. The Hall–Kier alpha value is -2.58. The first-order chi connectivity index (χ1) is 12.3. The van der Waals surface area contributed by atoms with E-state index in [1.54, 1.807) is 30.3 Å². The van der Waals surface area contributed by atoms with Crippen molar-refractivity contribution in [1.82, 2.24) is 5.32 Å². The summed E-state index contributed by atoms with van der Waals surface area (Å²) in [5, 5.41) is 7.86. The molecule has 0 aliphatic rings. The van der Waals surface area contributed by atoms with E-state index in [0.29, 0.717) is 36.6 Å². The van der Waals surface area contributed by atoms with Crippen LogP contribution in [0, 0.1) is 0 Å². The van der Waals surface area contributed by atoms with Crippen LogP contribution in [0.2, 0.25) is 0 Å². The fraction of sp³-hybridized carbons (Fsp3) is 0.278. The van der Waals surface area contributed by atoms with Gasteiger partial charge in [0, 0.05) is 12.1 Å². The summed E-state index contributed by atoms with van der Waals surface area (Å²) in [7, 11) is -3.70. The van der Waals surface area contributed by atoms with Gasteiger partial charge in [0.15, 0.2) is 0 Å². The molecule has 0 aromatic heterocycles. The zero-order valence-electron chi connectivity index (χ0n) is 14.6. The molecule has 0 saturated carbocycles. The lowest BCUT2D eigenvalue weighted by Crippen LogP contribution is -2.25. The Morgan fingerprint density at radius 3 is 2.42 bits per heavy atom. The average molecular weight is 377 g/mol. The van der Waals surface area contributed by atoms with E-state index in [1.165, 1.54) is 12.1 Å². The number of carbonyl (C=O) groups excluding carboxylic acids is 1. The zero-order chi connectivity index (χ0) is 19.2. The smallest absolute Gasteiger partial charge is 0.251 e. The number of benzene rings is 2. The van der Waals surface area contributed by atoms with E-state index in [0.717, 1.165) is 12.0 Å². The van der Waals surface area contributed by atoms with Gasteiger partial charge in [-0.1, -0.05) is 19.1 Å². The first kappa shape index (κ1) is 19.7. The van der Waals surface area contributed by atoms with Crippen LogP contribution in [-0.4, -0.2) is 27.5 Å². The Morgan fingerprint density at radius 1 is 1.15 bits per heavy atom. The van der Waals surface area contributed by atoms with Crippen LogP contribution in [0.15, 0.2) is 47.4 Å². The van der Waals surface area contributed by atoms with Crippen LogP contribution in [0.25, 0.3) is 0 Å². The number of rotatable bonds is 8. The number of amides is 1. The molecule has 8 heteroatoms. The highest BCUT2D eigenvalue weighted by molar-refractivity contribution is 7.89. The van der Waals surface area contributed by atoms with Crippen LogP contribution in [0.3, 0.4) is 0 Å². The van der Waals surface area contributed by atoms with Crippen molar-refractivity contribution in [2.75, 3.05) is 18.9 Å². The molecule has 26 heavy (non-hydrogen) atoms. The van der Waals surface area contributed by atoms with Crippen molar-refractivity contribution < 1.29 is 17.9 Å². The second-order valence-corrected chi connectivity index (χ2v) is 7.36. The normalized spacial score (nSPS) is 11.2. The molecular formula is C18H23N3O4S. The summed E-state index contributed by atoms with van der Waals surface area (Å²) in [4.78, 5) is 12.3. The largest absolute Gasteiger partial charge is 0.491 e. The van der Waals surface area contributed by atoms with Crippen molar-refractivity contribution in [3.8, 4) is 5.75 Å². The maximum absolute atomic E-state index is 12.2. The summed E-state index contributed by atoms with van der Waals surface area (Å²) in [6.45, 7) is 2.97. The molecule has 0 aliphatic heterocycles. The maximum Gasteiger partial charge on any atom is 0.251 e. The van der Waals surface area contributed by atoms with Crippen molar-refractivity contribution >= 4 is 21.6 Å². The minimum atomic E-state index is -3.70. The molecule has 1 amide bonds. The molecule has 0 radical (unpaired) electrons. The molecule has 0 atom stereocenters. The number of carbonyl (C=O) groups is 1. The molecule has 0 saturated heterocycles. The van der Waals surface area contributed by atoms with E-state index >= 15 is 0 Å². The van der Waals surface area contributed by atoms with Gasteiger partial charge in [0.05, 0.1) is 17.2 Å². The van der Waals surface area contributed by atoms with Crippen molar-refractivity contribution in [2.24, 2.45) is 5.14 Å². The van der Waals surface area contributed by atoms with Crippen molar-refractivity contribution in [3.05, 3.63) is 53.6 Å². The molecule has 2 rings (SSSR count). The standard InChI is InChI=1S/C18H23N3O4S/c1-2-11-25-17-8-5-14(12-16(17)19)18(22)21-10-9-13-3-6-15(7-4-13)26(20,23)24/h3-8,12H,2,9-11,19H2,1H3,(H,21,22)(H2,20,23,24). The number of hydrogen-bond acceptors (Lipinski definition) is 5. The van der Waals surface area contributed by atoms with Crippen LogP contribution in [-0.2, 0) is 16.4 Å². The molecule has 0 spiro atoms. The summed E-state index contributed by atoms with van der Waals surface area (Å²) >= 11 is 0. The van der Waals surface area contributed by atoms with Gasteiger partial charge >= 0.3 is 0 Å². The average Bonchev–Trinajstić information content (AvgIpc) is 2.60. The molecule has 0 bridgehead atoms. The molecule has 0 fully saturated rings. The number of hydrogen-bond donors (Lipinski definition) is 3. The Balaban J connectivity index is 1.89. The van der Waals surface area contributed by atoms with Gasteiger partial charge in [-0.25, -0.2) is 13.6 Å². The Bertz CT molecular complexity index is 865. The summed E-state index contributed by atoms with van der Waals surface area (Å²) < 4.78 is 27.9. The van der Waals surface area contributed by atoms with Crippen molar-refractivity contribution in [3.63, 3.8) is 0 Å². The second-order valence-electron chi connectivity index (χ2n) is 5.80. The summed E-state index contributed by atoms with van der Waals surface area (Å²) in [6, 6.07) is 11.2. The highest BCUT2D eigenvalue weighted by Gasteiger charge is 2.09. The van der Waals surface area contributed by atoms with Crippen molar-refractivity contribution in [2.45, 2.75) is 24.7 Å². The van der Waals surface area contributed by atoms with E-state index in [4.69, 9.17) is 15.6 Å². The lowest BCUT2D eigenvalue weighted by atomic mass is 10.1. The van der Waals surface area contributed by atoms with E-state index in [1.807, 2.05) is 6.92 Å². The molecule has 2 aromatic carbocycles. The minimum Gasteiger partial charge on any atom is -0.491 e. The predicted octanol–water partition coefficient (Wildman–Crippen LogP) is 1.68. The fourth-order valence-corrected chi connectivity index (χ4v) is 2.82. The fourth-order valence-electron chi connectivity index (χ4n) is 2.30. The third-order valence-corrected chi connectivity index (χ3v) is 4.61. The Labute approximate surface area is 153 Å². The Kier molecular flexibility index (Phi) is 6.59. The lowest BCUT2D eigenvalue weighted by molar-refractivity contribution is 0.0954. The monoisotopic (exact) mass is 377 g/mol. The van der Waals surface area contributed by atoms with Gasteiger partial charge in [0.2, 0.25) is 10.0 Å². The molecule has 140 valence electrons. The van der Waals surface area contributed by atoms with Crippen LogP contribution >= 0.6 is 0 Å². The molecular weight excluding hydrogens is 354 g/mol. The van der Waals surface area contributed by atoms with Gasteiger partial charge in [-0.2, -0.15) is 0 Å². The zero-order valence-corrected chi connectivity index (χ0v) is 15.4. The van der Waals surface area contributed by atoms with Gasteiger partial charge in [-0.3, -0.25) is 4.79 Å². The SMILES string of the molecule is CCCOc1ccc(C(=O)NCCc2ccc(S(N)(=O)=O)cc2)cc1N. The highest BCUT2D eigenvalue weighted by Crippen LogP contribution is 2.22. The third-order valence-electron chi connectivity index (χ3n) is 3.68. The van der Waals surface area contributed by atoms with Crippen LogP contribution in [0.1, 0.15) is 29.3 Å². The number of anilines is 1. The molecule has 2 aromatic rings. The molecule has 0 unspecified atom stereocenters. The van der Waals surface area contributed by atoms with E-state index < -0.39 is 10.0 Å². The summed E-state index contributed by atoms with van der Waals surface area (Å²) in [6.07, 6.45) is 1.43. The van der Waals surface area contributed by atoms with Crippen LogP contribution in [0.4, 0.5) is 5.69 Å². The molecule has 0 aliphatic carbocycles. The maximum atomic E-state index is 12.2. The van der Waals surface area contributed by atoms with Crippen molar-refractivity contribution in [1.29, 1.82) is 0 Å². The van der Waals surface area contributed by atoms with Crippen LogP contribution in [0.5, 0.6) is 5.75 Å². The topological polar surface area (TPSA) is 125 Å². The number of nitrogens with two attached hydrogens (primary N) is 2. The van der Waals surface area contributed by atoms with Gasteiger partial charge < -0.3 is 15.8 Å². The van der Waals surface area contributed by atoms with Gasteiger partial charge in [-0.15, -0.1) is 0 Å². The van der Waals surface area contributed by atoms with Gasteiger partial charge in [0.1, 0.15) is 5.75 Å². The van der Waals surface area contributed by atoms with E-state index in [9.17, 15) is 13.2 Å². The Morgan fingerprint density at radius 2 is 1.85 bits per heavy atom. The molecule has 5 N–H and O–H groups in total. The number of primary sulfonamides is 1. The number of sulfonamides is 1. The lowest BCUT2D eigenvalue weighted by Gasteiger charge is -2.10. The third kappa shape index (κ3) is 5.47. The van der Waals surface area contributed by atoms with E-state index in [2.05, 4.69) is 5.32 Å². The number of ether oxygens (including phenoxy) is 1. The number of nitrogens with one attached hydrogen (secondary N) is 1. The molecule has 7 nitrogen and oxygen atoms in total. The summed E-state index contributed by atoms with van der Waals surface area (Å²) in [5.74, 6) is 0.332. The first-order valence-corrected chi connectivity index (χ1v) is 9.78. The second kappa shape index (κ2) is 8.68. The predicted molar refractivity (Wildman–Crippen MR) is 100 cm³/mol. The van der Waals surface area contributed by atoms with Gasteiger partial charge in [-0.05, 0) is 48.7 Å². The number of nitrogen functional groups attached to an aromatic ring is 1. The first-order valence-electron chi connectivity index (χ1n) is 8.23. The van der Waals surface area contributed by atoms with Gasteiger partial charge in [0.25, 0.3) is 5.91 Å². The van der Waals surface area contributed by atoms with E-state index in [-0.39, 0.29) is 10.8 Å². The quantitative estimate of drug-likeness (QED) is 0.604. The summed E-state index contributed by atoms with van der Waals surface area (Å²) in [5.41, 5.74) is 7.67. The van der Waals surface area contributed by atoms with Crippen LogP contribution < -0.4 is 20.9 Å². The molecule has 0 heterocycles. The minimum absolute atomic E-state index is 0.0612.